The molecule has 124 valence electrons. The molecule has 1 aromatic carbocycles. The van der Waals surface area contributed by atoms with Crippen molar-refractivity contribution in [3.05, 3.63) is 83.3 Å². The van der Waals surface area contributed by atoms with Gasteiger partial charge < -0.3 is 10.6 Å². The zero-order chi connectivity index (χ0) is 17.6. The average Bonchev–Trinajstić information content (AvgIpc) is 2.64. The maximum atomic E-state index is 12.1. The molecule has 25 heavy (non-hydrogen) atoms. The molecule has 2 heterocycles. The minimum atomic E-state index is -0.294. The number of amides is 2. The fourth-order valence-electron chi connectivity index (χ4n) is 2.04. The van der Waals surface area contributed by atoms with Crippen molar-refractivity contribution in [2.45, 2.75) is 0 Å². The Balaban J connectivity index is 1.63. The van der Waals surface area contributed by atoms with Gasteiger partial charge in [0, 0.05) is 28.5 Å². The van der Waals surface area contributed by atoms with E-state index in [4.69, 9.17) is 11.6 Å². The van der Waals surface area contributed by atoms with Crippen molar-refractivity contribution in [2.24, 2.45) is 0 Å². The molecule has 0 aliphatic rings. The van der Waals surface area contributed by atoms with Gasteiger partial charge in [-0.1, -0.05) is 11.6 Å². The number of pyridine rings is 2. The molecule has 0 spiro atoms. The van der Waals surface area contributed by atoms with Crippen molar-refractivity contribution in [3.8, 4) is 0 Å². The van der Waals surface area contributed by atoms with Gasteiger partial charge in [0.05, 0.1) is 11.9 Å². The molecule has 3 rings (SSSR count). The first-order valence-electron chi connectivity index (χ1n) is 7.36. The van der Waals surface area contributed by atoms with Crippen molar-refractivity contribution in [1.82, 2.24) is 9.97 Å². The molecule has 3 aromatic rings. The number of nitrogens with zero attached hydrogens (tertiary/aromatic N) is 2. The lowest BCUT2D eigenvalue weighted by Gasteiger charge is -2.07. The average molecular weight is 353 g/mol. The second-order valence-corrected chi connectivity index (χ2v) is 5.52. The number of hydrogen-bond donors (Lipinski definition) is 2. The smallest absolute Gasteiger partial charge is 0.256 e. The van der Waals surface area contributed by atoms with E-state index in [2.05, 4.69) is 20.6 Å². The Kier molecular flexibility index (Phi) is 5.01. The number of halogens is 1. The molecule has 0 aliphatic heterocycles. The summed E-state index contributed by atoms with van der Waals surface area (Å²) in [6, 6.07) is 13.0. The van der Waals surface area contributed by atoms with Crippen molar-refractivity contribution in [3.63, 3.8) is 0 Å². The lowest BCUT2D eigenvalue weighted by Crippen LogP contribution is -2.14. The van der Waals surface area contributed by atoms with Crippen molar-refractivity contribution < 1.29 is 9.59 Å². The van der Waals surface area contributed by atoms with Gasteiger partial charge >= 0.3 is 0 Å². The Labute approximate surface area is 148 Å². The third-order valence-corrected chi connectivity index (χ3v) is 3.56. The van der Waals surface area contributed by atoms with Crippen LogP contribution in [0.1, 0.15) is 20.7 Å². The summed E-state index contributed by atoms with van der Waals surface area (Å²) in [6.45, 7) is 0. The quantitative estimate of drug-likeness (QED) is 0.750. The van der Waals surface area contributed by atoms with Crippen LogP contribution < -0.4 is 10.6 Å². The molecule has 0 atom stereocenters. The van der Waals surface area contributed by atoms with E-state index in [-0.39, 0.29) is 11.8 Å². The molecule has 0 saturated heterocycles. The Morgan fingerprint density at radius 3 is 2.08 bits per heavy atom. The molecule has 0 saturated carbocycles. The predicted molar refractivity (Wildman–Crippen MR) is 95.8 cm³/mol. The summed E-state index contributed by atoms with van der Waals surface area (Å²) in [6.07, 6.45) is 4.56. The maximum Gasteiger partial charge on any atom is 0.256 e. The molecule has 0 aliphatic carbocycles. The molecular weight excluding hydrogens is 340 g/mol. The highest BCUT2D eigenvalue weighted by atomic mass is 35.5. The van der Waals surface area contributed by atoms with Crippen molar-refractivity contribution in [2.75, 3.05) is 10.6 Å². The number of hydrogen-bond acceptors (Lipinski definition) is 4. The number of rotatable bonds is 4. The molecule has 7 heteroatoms. The Bertz CT molecular complexity index is 881. The fraction of sp³-hybridized carbons (Fsp3) is 0. The lowest BCUT2D eigenvalue weighted by atomic mass is 10.2. The first kappa shape index (κ1) is 16.6. The topological polar surface area (TPSA) is 84.0 Å². The summed E-state index contributed by atoms with van der Waals surface area (Å²) in [5, 5.41) is 5.96. The SMILES string of the molecule is O=C(Nc1ccc(NC(=O)c2ccc(Cl)cc2)nc1)c1ccncc1. The number of anilines is 2. The molecular formula is C18H13ClN4O2. The van der Waals surface area contributed by atoms with Gasteiger partial charge in [-0.2, -0.15) is 0 Å². The van der Waals surface area contributed by atoms with Gasteiger partial charge in [-0.3, -0.25) is 14.6 Å². The second-order valence-electron chi connectivity index (χ2n) is 5.08. The van der Waals surface area contributed by atoms with E-state index in [1.54, 1.807) is 60.9 Å². The van der Waals surface area contributed by atoms with Gasteiger partial charge in [0.1, 0.15) is 5.82 Å². The summed E-state index contributed by atoms with van der Waals surface area (Å²) >= 11 is 5.80. The minimum absolute atomic E-state index is 0.262. The first-order chi connectivity index (χ1) is 12.1. The number of carbonyl (C=O) groups excluding carboxylic acids is 2. The van der Waals surface area contributed by atoms with E-state index in [1.807, 2.05) is 0 Å². The van der Waals surface area contributed by atoms with E-state index >= 15 is 0 Å². The van der Waals surface area contributed by atoms with Crippen LogP contribution in [0.4, 0.5) is 11.5 Å². The monoisotopic (exact) mass is 352 g/mol. The van der Waals surface area contributed by atoms with Crippen LogP contribution in [-0.4, -0.2) is 21.8 Å². The Morgan fingerprint density at radius 1 is 0.800 bits per heavy atom. The number of aromatic nitrogens is 2. The number of nitrogens with one attached hydrogen (secondary N) is 2. The first-order valence-corrected chi connectivity index (χ1v) is 7.74. The highest BCUT2D eigenvalue weighted by molar-refractivity contribution is 6.30. The fourth-order valence-corrected chi connectivity index (χ4v) is 2.16. The second kappa shape index (κ2) is 7.55. The Hall–Kier alpha value is -3.25. The van der Waals surface area contributed by atoms with Gasteiger partial charge in [0.15, 0.2) is 0 Å². The van der Waals surface area contributed by atoms with E-state index in [1.165, 1.54) is 6.20 Å². The molecule has 6 nitrogen and oxygen atoms in total. The van der Waals surface area contributed by atoms with Crippen molar-refractivity contribution >= 4 is 34.9 Å². The summed E-state index contributed by atoms with van der Waals surface area (Å²) < 4.78 is 0. The summed E-state index contributed by atoms with van der Waals surface area (Å²) in [5.74, 6) is -0.179. The largest absolute Gasteiger partial charge is 0.321 e. The highest BCUT2D eigenvalue weighted by Gasteiger charge is 2.08. The highest BCUT2D eigenvalue weighted by Crippen LogP contribution is 2.14. The summed E-state index contributed by atoms with van der Waals surface area (Å²) in [7, 11) is 0. The third-order valence-electron chi connectivity index (χ3n) is 3.31. The van der Waals surface area contributed by atoms with Crippen LogP contribution >= 0.6 is 11.6 Å². The van der Waals surface area contributed by atoms with Crippen molar-refractivity contribution in [1.29, 1.82) is 0 Å². The molecule has 2 N–H and O–H groups in total. The van der Waals surface area contributed by atoms with E-state index in [0.717, 1.165) is 0 Å². The molecule has 2 aromatic heterocycles. The molecule has 0 fully saturated rings. The van der Waals surface area contributed by atoms with Crippen LogP contribution in [0.3, 0.4) is 0 Å². The van der Waals surface area contributed by atoms with Gasteiger partial charge in [0.25, 0.3) is 11.8 Å². The van der Waals surface area contributed by atoms with Crippen LogP contribution in [-0.2, 0) is 0 Å². The normalized spacial score (nSPS) is 10.1. The van der Waals surface area contributed by atoms with Gasteiger partial charge in [-0.05, 0) is 48.5 Å². The molecule has 0 radical (unpaired) electrons. The van der Waals surface area contributed by atoms with E-state index in [0.29, 0.717) is 27.7 Å². The minimum Gasteiger partial charge on any atom is -0.321 e. The number of benzene rings is 1. The summed E-state index contributed by atoms with van der Waals surface area (Å²) in [5.41, 5.74) is 1.49. The van der Waals surface area contributed by atoms with E-state index in [9.17, 15) is 9.59 Å². The van der Waals surface area contributed by atoms with Crippen LogP contribution in [0.5, 0.6) is 0 Å². The zero-order valence-electron chi connectivity index (χ0n) is 12.9. The van der Waals surface area contributed by atoms with Crippen LogP contribution in [0, 0.1) is 0 Å². The predicted octanol–water partition coefficient (Wildman–Crippen LogP) is 3.63. The number of carbonyl (C=O) groups is 2. The molecule has 2 amide bonds. The summed E-state index contributed by atoms with van der Waals surface area (Å²) in [4.78, 5) is 32.1. The zero-order valence-corrected chi connectivity index (χ0v) is 13.7. The third kappa shape index (κ3) is 4.39. The van der Waals surface area contributed by atoms with Crippen LogP contribution in [0.25, 0.3) is 0 Å². The van der Waals surface area contributed by atoms with E-state index < -0.39 is 0 Å². The molecule has 0 unspecified atom stereocenters. The van der Waals surface area contributed by atoms with Gasteiger partial charge in [-0.15, -0.1) is 0 Å². The standard InChI is InChI=1S/C18H13ClN4O2/c19-14-3-1-12(2-4-14)18(25)23-16-6-5-15(11-21-16)22-17(24)13-7-9-20-10-8-13/h1-11H,(H,22,24)(H,21,23,25). The van der Waals surface area contributed by atoms with Gasteiger partial charge in [0.2, 0.25) is 0 Å². The molecule has 0 bridgehead atoms. The van der Waals surface area contributed by atoms with Crippen LogP contribution in [0.15, 0.2) is 67.1 Å². The lowest BCUT2D eigenvalue weighted by molar-refractivity contribution is 0.101. The maximum absolute atomic E-state index is 12.1. The Morgan fingerprint density at radius 2 is 1.44 bits per heavy atom. The van der Waals surface area contributed by atoms with Gasteiger partial charge in [-0.25, -0.2) is 4.98 Å². The van der Waals surface area contributed by atoms with Crippen LogP contribution in [0.2, 0.25) is 5.02 Å².